The molecule has 0 spiro atoms. The Hall–Kier alpha value is -1.51. The van der Waals surface area contributed by atoms with E-state index in [1.54, 1.807) is 0 Å². The van der Waals surface area contributed by atoms with Crippen LogP contribution in [0.25, 0.3) is 0 Å². The Morgan fingerprint density at radius 1 is 1.31 bits per heavy atom. The molecule has 3 heteroatoms. The highest BCUT2D eigenvalue weighted by molar-refractivity contribution is 5.71. The first-order chi connectivity index (χ1) is 7.86. The maximum absolute atomic E-state index is 10.3. The Kier molecular flexibility index (Phi) is 6.07. The summed E-state index contributed by atoms with van der Waals surface area (Å²) in [5, 5.41) is 2.60. The molecular formula is C13H19NO2. The van der Waals surface area contributed by atoms with Gasteiger partial charge >= 0.3 is 0 Å². The molecule has 0 atom stereocenters. The van der Waals surface area contributed by atoms with Gasteiger partial charge in [-0.15, -0.1) is 0 Å². The molecule has 88 valence electrons. The number of hydrogen-bond donors (Lipinski definition) is 1. The van der Waals surface area contributed by atoms with Gasteiger partial charge in [0.1, 0.15) is 5.75 Å². The van der Waals surface area contributed by atoms with Gasteiger partial charge in [-0.25, -0.2) is 0 Å². The van der Waals surface area contributed by atoms with E-state index >= 15 is 0 Å². The van der Waals surface area contributed by atoms with Crippen LogP contribution in [0.3, 0.4) is 0 Å². The van der Waals surface area contributed by atoms with Crippen molar-refractivity contribution in [2.24, 2.45) is 0 Å². The molecule has 0 radical (unpaired) electrons. The van der Waals surface area contributed by atoms with E-state index in [2.05, 4.69) is 12.2 Å². The molecule has 0 aromatic heterocycles. The van der Waals surface area contributed by atoms with Crippen LogP contribution < -0.4 is 10.1 Å². The molecule has 0 aliphatic rings. The molecule has 1 rings (SSSR count). The highest BCUT2D eigenvalue weighted by Gasteiger charge is 1.96. The molecule has 0 bridgehead atoms. The van der Waals surface area contributed by atoms with Crippen LogP contribution in [-0.2, 0) is 4.79 Å². The minimum Gasteiger partial charge on any atom is -0.494 e. The topological polar surface area (TPSA) is 38.3 Å². The van der Waals surface area contributed by atoms with E-state index in [9.17, 15) is 4.79 Å². The Labute approximate surface area is 96.8 Å². The molecule has 0 fully saturated rings. The molecule has 1 N–H and O–H groups in total. The van der Waals surface area contributed by atoms with Crippen molar-refractivity contribution in [2.75, 3.05) is 11.9 Å². The maximum atomic E-state index is 10.3. The first kappa shape index (κ1) is 12.6. The number of anilines is 1. The van der Waals surface area contributed by atoms with Crippen molar-refractivity contribution in [3.8, 4) is 5.75 Å². The van der Waals surface area contributed by atoms with Crippen molar-refractivity contribution < 1.29 is 9.53 Å². The average molecular weight is 221 g/mol. The second-order valence-corrected chi connectivity index (χ2v) is 3.70. The van der Waals surface area contributed by atoms with E-state index in [1.807, 2.05) is 24.3 Å². The molecule has 0 saturated carbocycles. The van der Waals surface area contributed by atoms with Crippen molar-refractivity contribution >= 4 is 12.1 Å². The highest BCUT2D eigenvalue weighted by atomic mass is 16.5. The average Bonchev–Trinajstić information content (AvgIpc) is 2.30. The number of ether oxygens (including phenoxy) is 1. The fourth-order valence-corrected chi connectivity index (χ4v) is 1.46. The molecule has 0 unspecified atom stereocenters. The summed E-state index contributed by atoms with van der Waals surface area (Å²) in [5.41, 5.74) is 0.765. The molecule has 0 aliphatic heterocycles. The highest BCUT2D eigenvalue weighted by Crippen LogP contribution is 2.17. The number of hydrogen-bond acceptors (Lipinski definition) is 2. The maximum Gasteiger partial charge on any atom is 0.211 e. The van der Waals surface area contributed by atoms with Gasteiger partial charge in [-0.05, 0) is 18.6 Å². The molecule has 1 aromatic carbocycles. The zero-order valence-corrected chi connectivity index (χ0v) is 9.74. The summed E-state index contributed by atoms with van der Waals surface area (Å²) in [6.07, 6.45) is 5.46. The lowest BCUT2D eigenvalue weighted by atomic mass is 10.2. The predicted molar refractivity (Wildman–Crippen MR) is 65.8 cm³/mol. The summed E-state index contributed by atoms with van der Waals surface area (Å²) in [6.45, 7) is 2.93. The Bertz CT molecular complexity index is 313. The third-order valence-electron chi connectivity index (χ3n) is 2.33. The molecular weight excluding hydrogens is 202 g/mol. The van der Waals surface area contributed by atoms with E-state index in [-0.39, 0.29) is 0 Å². The first-order valence-electron chi connectivity index (χ1n) is 5.80. The quantitative estimate of drug-likeness (QED) is 0.540. The summed E-state index contributed by atoms with van der Waals surface area (Å²) in [4.78, 5) is 10.3. The fourth-order valence-electron chi connectivity index (χ4n) is 1.46. The van der Waals surface area contributed by atoms with Gasteiger partial charge in [-0.3, -0.25) is 4.79 Å². The lowest BCUT2D eigenvalue weighted by Gasteiger charge is -2.07. The van der Waals surface area contributed by atoms with E-state index in [1.165, 1.54) is 19.3 Å². The lowest BCUT2D eigenvalue weighted by molar-refractivity contribution is -0.105. The summed E-state index contributed by atoms with van der Waals surface area (Å²) in [6, 6.07) is 7.43. The largest absolute Gasteiger partial charge is 0.494 e. The number of unbranched alkanes of at least 4 members (excludes halogenated alkanes) is 3. The molecule has 1 aromatic rings. The van der Waals surface area contributed by atoms with Crippen LogP contribution in [0.1, 0.15) is 32.6 Å². The SMILES string of the molecule is CCCCCCOc1cccc(NC=O)c1. The summed E-state index contributed by atoms with van der Waals surface area (Å²) in [7, 11) is 0. The van der Waals surface area contributed by atoms with E-state index in [4.69, 9.17) is 4.74 Å². The van der Waals surface area contributed by atoms with Gasteiger partial charge in [-0.2, -0.15) is 0 Å². The first-order valence-corrected chi connectivity index (χ1v) is 5.80. The van der Waals surface area contributed by atoms with E-state index in [0.29, 0.717) is 6.41 Å². The minimum atomic E-state index is 0.667. The third kappa shape index (κ3) is 4.82. The fraction of sp³-hybridized carbons (Fsp3) is 0.462. The second-order valence-electron chi connectivity index (χ2n) is 3.70. The van der Waals surface area contributed by atoms with Gasteiger partial charge in [0, 0.05) is 11.8 Å². The minimum absolute atomic E-state index is 0.667. The number of rotatable bonds is 8. The van der Waals surface area contributed by atoms with Crippen molar-refractivity contribution in [2.45, 2.75) is 32.6 Å². The number of amides is 1. The second kappa shape index (κ2) is 7.74. The van der Waals surface area contributed by atoms with Crippen LogP contribution in [0.15, 0.2) is 24.3 Å². The number of benzene rings is 1. The smallest absolute Gasteiger partial charge is 0.211 e. The van der Waals surface area contributed by atoms with Crippen molar-refractivity contribution in [3.63, 3.8) is 0 Å². The van der Waals surface area contributed by atoms with E-state index in [0.717, 1.165) is 24.5 Å². The van der Waals surface area contributed by atoms with Crippen molar-refractivity contribution in [1.82, 2.24) is 0 Å². The van der Waals surface area contributed by atoms with Crippen LogP contribution >= 0.6 is 0 Å². The Balaban J connectivity index is 2.30. The molecule has 0 aliphatic carbocycles. The normalized spacial score (nSPS) is 9.81. The van der Waals surface area contributed by atoms with Gasteiger partial charge in [0.15, 0.2) is 0 Å². The van der Waals surface area contributed by atoms with Crippen LogP contribution in [0, 0.1) is 0 Å². The number of carbonyl (C=O) groups excluding carboxylic acids is 1. The van der Waals surface area contributed by atoms with Gasteiger partial charge in [0.2, 0.25) is 6.41 Å². The third-order valence-corrected chi connectivity index (χ3v) is 2.33. The summed E-state index contributed by atoms with van der Waals surface area (Å²) < 4.78 is 5.58. The number of nitrogens with one attached hydrogen (secondary N) is 1. The predicted octanol–water partition coefficient (Wildman–Crippen LogP) is 3.21. The van der Waals surface area contributed by atoms with Gasteiger partial charge < -0.3 is 10.1 Å². The van der Waals surface area contributed by atoms with Gasteiger partial charge in [0.05, 0.1) is 6.61 Å². The Morgan fingerprint density at radius 3 is 2.94 bits per heavy atom. The van der Waals surface area contributed by atoms with E-state index < -0.39 is 0 Å². The molecule has 0 saturated heterocycles. The van der Waals surface area contributed by atoms with Crippen LogP contribution in [0.5, 0.6) is 5.75 Å². The molecule has 0 heterocycles. The number of carbonyl (C=O) groups is 1. The monoisotopic (exact) mass is 221 g/mol. The zero-order valence-electron chi connectivity index (χ0n) is 9.74. The zero-order chi connectivity index (χ0) is 11.6. The van der Waals surface area contributed by atoms with Gasteiger partial charge in [-0.1, -0.05) is 32.3 Å². The standard InChI is InChI=1S/C13H19NO2/c1-2-3-4-5-9-16-13-8-6-7-12(10-13)14-11-15/h6-8,10-11H,2-5,9H2,1H3,(H,14,15). The summed E-state index contributed by atoms with van der Waals surface area (Å²) in [5.74, 6) is 0.809. The van der Waals surface area contributed by atoms with Crippen LogP contribution in [0.2, 0.25) is 0 Å². The summed E-state index contributed by atoms with van der Waals surface area (Å²) >= 11 is 0. The molecule has 3 nitrogen and oxygen atoms in total. The van der Waals surface area contributed by atoms with Crippen LogP contribution in [-0.4, -0.2) is 13.0 Å². The Morgan fingerprint density at radius 2 is 2.19 bits per heavy atom. The van der Waals surface area contributed by atoms with Crippen LogP contribution in [0.4, 0.5) is 5.69 Å². The molecule has 16 heavy (non-hydrogen) atoms. The lowest BCUT2D eigenvalue weighted by Crippen LogP contribution is -1.98. The van der Waals surface area contributed by atoms with Gasteiger partial charge in [0.25, 0.3) is 0 Å². The molecule has 1 amide bonds. The van der Waals surface area contributed by atoms with Crippen molar-refractivity contribution in [3.05, 3.63) is 24.3 Å². The van der Waals surface area contributed by atoms with Crippen molar-refractivity contribution in [1.29, 1.82) is 0 Å².